The molecule has 6 heteroatoms. The minimum atomic E-state index is -0.882. The van der Waals surface area contributed by atoms with Crippen LogP contribution in [0.25, 0.3) is 0 Å². The molecule has 6 nitrogen and oxygen atoms in total. The predicted octanol–water partition coefficient (Wildman–Crippen LogP) is 3.18. The SMILES string of the molecule is CCc1ccc(C(=O)C(C)OC(=O)CCN2C(=O)COc3ccccc32)cc1. The van der Waals surface area contributed by atoms with Gasteiger partial charge in [0.15, 0.2) is 12.7 Å². The number of hydrogen-bond acceptors (Lipinski definition) is 5. The Morgan fingerprint density at radius 1 is 1.14 bits per heavy atom. The van der Waals surface area contributed by atoms with Gasteiger partial charge in [0, 0.05) is 12.1 Å². The summed E-state index contributed by atoms with van der Waals surface area (Å²) in [7, 11) is 0. The molecule has 146 valence electrons. The van der Waals surface area contributed by atoms with E-state index in [4.69, 9.17) is 9.47 Å². The minimum Gasteiger partial charge on any atom is -0.482 e. The summed E-state index contributed by atoms with van der Waals surface area (Å²) < 4.78 is 10.7. The number of ketones is 1. The Labute approximate surface area is 164 Å². The van der Waals surface area contributed by atoms with Crippen LogP contribution in [0.2, 0.25) is 0 Å². The molecule has 3 rings (SSSR count). The standard InChI is InChI=1S/C22H23NO5/c1-3-16-8-10-17(11-9-16)22(26)15(2)28-21(25)12-13-23-18-6-4-5-7-19(18)27-14-20(23)24/h4-11,15H,3,12-14H2,1-2H3. The maximum atomic E-state index is 12.4. The first-order chi connectivity index (χ1) is 13.5. The van der Waals surface area contributed by atoms with Crippen LogP contribution < -0.4 is 9.64 Å². The van der Waals surface area contributed by atoms with E-state index in [9.17, 15) is 14.4 Å². The first kappa shape index (κ1) is 19.6. The summed E-state index contributed by atoms with van der Waals surface area (Å²) in [5.41, 5.74) is 2.28. The summed E-state index contributed by atoms with van der Waals surface area (Å²) in [6.07, 6.45) is 0.00199. The molecule has 0 saturated heterocycles. The van der Waals surface area contributed by atoms with Crippen molar-refractivity contribution in [1.82, 2.24) is 0 Å². The highest BCUT2D eigenvalue weighted by Gasteiger charge is 2.26. The normalized spacial score (nSPS) is 14.1. The highest BCUT2D eigenvalue weighted by molar-refractivity contribution is 6.00. The largest absolute Gasteiger partial charge is 0.482 e. The van der Waals surface area contributed by atoms with E-state index in [-0.39, 0.29) is 31.3 Å². The Kier molecular flexibility index (Phi) is 6.09. The van der Waals surface area contributed by atoms with Crippen molar-refractivity contribution in [2.75, 3.05) is 18.1 Å². The summed E-state index contributed by atoms with van der Waals surface area (Å²) in [5.74, 6) is -0.382. The van der Waals surface area contributed by atoms with Crippen molar-refractivity contribution in [3.8, 4) is 5.75 Å². The fraction of sp³-hybridized carbons (Fsp3) is 0.318. The molecule has 0 bridgehead atoms. The Hall–Kier alpha value is -3.15. The molecule has 1 atom stereocenters. The number of benzene rings is 2. The van der Waals surface area contributed by atoms with Crippen LogP contribution in [0.5, 0.6) is 5.75 Å². The molecule has 0 fully saturated rings. The highest BCUT2D eigenvalue weighted by atomic mass is 16.5. The number of esters is 1. The first-order valence-electron chi connectivity index (χ1n) is 9.34. The predicted molar refractivity (Wildman–Crippen MR) is 105 cm³/mol. The molecule has 0 radical (unpaired) electrons. The molecule has 2 aromatic rings. The number of Topliss-reactive ketones (excluding diaryl/α,β-unsaturated/α-hetero) is 1. The third kappa shape index (κ3) is 4.39. The van der Waals surface area contributed by atoms with Gasteiger partial charge in [0.25, 0.3) is 5.91 Å². The van der Waals surface area contributed by atoms with Gasteiger partial charge in [-0.05, 0) is 31.0 Å². The second-order valence-electron chi connectivity index (χ2n) is 6.60. The molecule has 1 aliphatic rings. The highest BCUT2D eigenvalue weighted by Crippen LogP contribution is 2.31. The van der Waals surface area contributed by atoms with E-state index in [1.807, 2.05) is 25.1 Å². The lowest BCUT2D eigenvalue weighted by molar-refractivity contribution is -0.146. The van der Waals surface area contributed by atoms with Crippen LogP contribution >= 0.6 is 0 Å². The first-order valence-corrected chi connectivity index (χ1v) is 9.34. The molecule has 1 amide bonds. The van der Waals surface area contributed by atoms with E-state index < -0.39 is 12.1 Å². The number of ether oxygens (including phenoxy) is 2. The summed E-state index contributed by atoms with van der Waals surface area (Å²) in [6, 6.07) is 14.4. The van der Waals surface area contributed by atoms with Gasteiger partial charge in [-0.15, -0.1) is 0 Å². The van der Waals surface area contributed by atoms with Gasteiger partial charge in [-0.2, -0.15) is 0 Å². The lowest BCUT2D eigenvalue weighted by atomic mass is 10.0. The van der Waals surface area contributed by atoms with Crippen molar-refractivity contribution in [2.24, 2.45) is 0 Å². The number of hydrogen-bond donors (Lipinski definition) is 0. The summed E-state index contributed by atoms with van der Waals surface area (Å²) >= 11 is 0. The number of carbonyl (C=O) groups excluding carboxylic acids is 3. The van der Waals surface area contributed by atoms with E-state index in [0.29, 0.717) is 17.0 Å². The molecular weight excluding hydrogens is 358 g/mol. The van der Waals surface area contributed by atoms with Gasteiger partial charge in [0.1, 0.15) is 5.75 Å². The lowest BCUT2D eigenvalue weighted by Gasteiger charge is -2.29. The summed E-state index contributed by atoms with van der Waals surface area (Å²) in [6.45, 7) is 3.71. The lowest BCUT2D eigenvalue weighted by Crippen LogP contribution is -2.40. The van der Waals surface area contributed by atoms with E-state index in [1.54, 1.807) is 37.3 Å². The Morgan fingerprint density at radius 2 is 1.86 bits per heavy atom. The molecule has 28 heavy (non-hydrogen) atoms. The fourth-order valence-electron chi connectivity index (χ4n) is 3.05. The molecule has 2 aromatic carbocycles. The Morgan fingerprint density at radius 3 is 2.57 bits per heavy atom. The van der Waals surface area contributed by atoms with E-state index >= 15 is 0 Å². The molecular formula is C22H23NO5. The zero-order chi connectivity index (χ0) is 20.1. The van der Waals surface area contributed by atoms with E-state index in [1.165, 1.54) is 4.90 Å². The molecule has 0 saturated carbocycles. The number of nitrogens with zero attached hydrogens (tertiary/aromatic N) is 1. The van der Waals surface area contributed by atoms with Crippen molar-refractivity contribution in [3.63, 3.8) is 0 Å². The molecule has 0 aromatic heterocycles. The average molecular weight is 381 g/mol. The second kappa shape index (κ2) is 8.69. The Bertz CT molecular complexity index is 875. The van der Waals surface area contributed by atoms with Gasteiger partial charge in [-0.1, -0.05) is 43.3 Å². The number of aryl methyl sites for hydroxylation is 1. The van der Waals surface area contributed by atoms with Crippen LogP contribution in [0.4, 0.5) is 5.69 Å². The van der Waals surface area contributed by atoms with E-state index in [0.717, 1.165) is 12.0 Å². The van der Waals surface area contributed by atoms with Crippen molar-refractivity contribution in [3.05, 3.63) is 59.7 Å². The maximum Gasteiger partial charge on any atom is 0.308 e. The third-order valence-corrected chi connectivity index (χ3v) is 4.67. The summed E-state index contributed by atoms with van der Waals surface area (Å²) in [5, 5.41) is 0. The molecule has 1 heterocycles. The van der Waals surface area contributed by atoms with Crippen LogP contribution in [-0.2, 0) is 20.7 Å². The van der Waals surface area contributed by atoms with Crippen LogP contribution in [0.3, 0.4) is 0 Å². The minimum absolute atomic E-state index is 0.00747. The van der Waals surface area contributed by atoms with Crippen LogP contribution in [0.1, 0.15) is 36.2 Å². The van der Waals surface area contributed by atoms with Crippen LogP contribution in [-0.4, -0.2) is 36.9 Å². The van der Waals surface area contributed by atoms with Crippen LogP contribution in [0, 0.1) is 0 Å². The number of rotatable bonds is 7. The second-order valence-corrected chi connectivity index (χ2v) is 6.60. The van der Waals surface area contributed by atoms with Crippen molar-refractivity contribution >= 4 is 23.3 Å². The van der Waals surface area contributed by atoms with Gasteiger partial charge in [-0.25, -0.2) is 0 Å². The quantitative estimate of drug-likeness (QED) is 0.544. The van der Waals surface area contributed by atoms with E-state index in [2.05, 4.69) is 0 Å². The monoisotopic (exact) mass is 381 g/mol. The average Bonchev–Trinajstić information content (AvgIpc) is 2.72. The van der Waals surface area contributed by atoms with Crippen molar-refractivity contribution < 1.29 is 23.9 Å². The van der Waals surface area contributed by atoms with Gasteiger partial charge in [0.05, 0.1) is 12.1 Å². The fourth-order valence-corrected chi connectivity index (χ4v) is 3.05. The topological polar surface area (TPSA) is 72.9 Å². The Balaban J connectivity index is 1.56. The zero-order valence-electron chi connectivity index (χ0n) is 16.0. The molecule has 0 N–H and O–H groups in total. The third-order valence-electron chi connectivity index (χ3n) is 4.67. The molecule has 0 spiro atoms. The van der Waals surface area contributed by atoms with Gasteiger partial charge in [-0.3, -0.25) is 14.4 Å². The number of fused-ring (bicyclic) bond motifs is 1. The molecule has 1 aliphatic heterocycles. The van der Waals surface area contributed by atoms with Crippen molar-refractivity contribution in [1.29, 1.82) is 0 Å². The maximum absolute atomic E-state index is 12.4. The van der Waals surface area contributed by atoms with Crippen LogP contribution in [0.15, 0.2) is 48.5 Å². The molecule has 1 unspecified atom stereocenters. The van der Waals surface area contributed by atoms with Gasteiger partial charge >= 0.3 is 5.97 Å². The zero-order valence-corrected chi connectivity index (χ0v) is 16.0. The molecule has 0 aliphatic carbocycles. The number of anilines is 1. The van der Waals surface area contributed by atoms with Gasteiger partial charge < -0.3 is 14.4 Å². The number of carbonyl (C=O) groups is 3. The number of para-hydroxylation sites is 2. The summed E-state index contributed by atoms with van der Waals surface area (Å²) in [4.78, 5) is 38.3. The number of amides is 1. The van der Waals surface area contributed by atoms with Gasteiger partial charge in [0.2, 0.25) is 5.78 Å². The van der Waals surface area contributed by atoms with Crippen molar-refractivity contribution in [2.45, 2.75) is 32.8 Å². The smallest absolute Gasteiger partial charge is 0.308 e.